The Morgan fingerprint density at radius 2 is 1.90 bits per heavy atom. The van der Waals surface area contributed by atoms with Crippen molar-refractivity contribution in [1.82, 2.24) is 19.7 Å². The third-order valence-corrected chi connectivity index (χ3v) is 6.04. The van der Waals surface area contributed by atoms with Crippen LogP contribution >= 0.6 is 11.8 Å². The molecule has 8 heteroatoms. The summed E-state index contributed by atoms with van der Waals surface area (Å²) >= 11 is 1.42. The van der Waals surface area contributed by atoms with E-state index in [0.717, 1.165) is 46.4 Å². The van der Waals surface area contributed by atoms with Gasteiger partial charge < -0.3 is 4.98 Å². The fourth-order valence-corrected chi connectivity index (χ4v) is 4.41. The molecule has 2 heterocycles. The number of halogens is 3. The molecule has 1 aliphatic rings. The van der Waals surface area contributed by atoms with E-state index < -0.39 is 11.7 Å². The molecule has 0 spiro atoms. The maximum atomic E-state index is 13.0. The Morgan fingerprint density at radius 1 is 1.07 bits per heavy atom. The smallest absolute Gasteiger partial charge is 0.360 e. The molecule has 5 rings (SSSR count). The minimum atomic E-state index is -4.34. The number of aromatic amines is 1. The molecule has 4 nitrogen and oxygen atoms in total. The number of thioether (sulfide) groups is 1. The lowest BCUT2D eigenvalue weighted by atomic mass is 10.1. The predicted molar refractivity (Wildman–Crippen MR) is 107 cm³/mol. The van der Waals surface area contributed by atoms with Gasteiger partial charge in [-0.25, -0.2) is 0 Å². The number of para-hydroxylation sites is 1. The standard InChI is InChI=1S/C21H17F3N4S/c22-21(23,24)14-5-3-4-13(10-14)12-29-20-27-26-19(28(20)15-8-9-15)17-11-25-18-7-2-1-6-16(17)18/h1-7,10-11,15,25H,8-9,12H2. The second-order valence-electron chi connectivity index (χ2n) is 7.14. The van der Waals surface area contributed by atoms with Gasteiger partial charge in [0, 0.05) is 34.5 Å². The maximum Gasteiger partial charge on any atom is 0.416 e. The zero-order valence-electron chi connectivity index (χ0n) is 15.3. The minimum absolute atomic E-state index is 0.345. The van der Waals surface area contributed by atoms with Gasteiger partial charge in [-0.2, -0.15) is 13.2 Å². The molecule has 148 valence electrons. The molecule has 0 aliphatic heterocycles. The van der Waals surface area contributed by atoms with Gasteiger partial charge in [-0.3, -0.25) is 4.57 Å². The normalized spacial score (nSPS) is 14.6. The number of benzene rings is 2. The monoisotopic (exact) mass is 414 g/mol. The van der Waals surface area contributed by atoms with Crippen LogP contribution in [0.15, 0.2) is 59.9 Å². The summed E-state index contributed by atoms with van der Waals surface area (Å²) in [5.74, 6) is 1.21. The average Bonchev–Trinajstić information content (AvgIpc) is 3.32. The van der Waals surface area contributed by atoms with Crippen molar-refractivity contribution >= 4 is 22.7 Å². The third-order valence-electron chi connectivity index (χ3n) is 5.03. The van der Waals surface area contributed by atoms with Crippen LogP contribution in [0.25, 0.3) is 22.3 Å². The first kappa shape index (κ1) is 18.3. The first-order valence-electron chi connectivity index (χ1n) is 9.31. The van der Waals surface area contributed by atoms with Gasteiger partial charge in [-0.1, -0.05) is 48.2 Å². The van der Waals surface area contributed by atoms with Crippen LogP contribution in [0, 0.1) is 0 Å². The van der Waals surface area contributed by atoms with Crippen LogP contribution in [-0.2, 0) is 11.9 Å². The summed E-state index contributed by atoms with van der Waals surface area (Å²) in [4.78, 5) is 3.27. The van der Waals surface area contributed by atoms with E-state index in [1.54, 1.807) is 6.07 Å². The van der Waals surface area contributed by atoms with Gasteiger partial charge in [0.2, 0.25) is 0 Å². The molecular weight excluding hydrogens is 397 g/mol. The topological polar surface area (TPSA) is 46.5 Å². The van der Waals surface area contributed by atoms with Crippen molar-refractivity contribution in [3.8, 4) is 11.4 Å². The molecule has 0 bridgehead atoms. The number of hydrogen-bond donors (Lipinski definition) is 1. The second-order valence-corrected chi connectivity index (χ2v) is 8.08. The summed E-state index contributed by atoms with van der Waals surface area (Å²) < 4.78 is 41.0. The second kappa shape index (κ2) is 6.95. The third kappa shape index (κ3) is 3.53. The highest BCUT2D eigenvalue weighted by Crippen LogP contribution is 2.42. The van der Waals surface area contributed by atoms with Crippen molar-refractivity contribution < 1.29 is 13.2 Å². The van der Waals surface area contributed by atoms with Gasteiger partial charge in [0.25, 0.3) is 0 Å². The molecule has 0 atom stereocenters. The zero-order chi connectivity index (χ0) is 20.0. The summed E-state index contributed by atoms with van der Waals surface area (Å²) in [5.41, 5.74) is 2.01. The average molecular weight is 414 g/mol. The van der Waals surface area contributed by atoms with Crippen LogP contribution in [-0.4, -0.2) is 19.7 Å². The van der Waals surface area contributed by atoms with Crippen LogP contribution in [0.4, 0.5) is 13.2 Å². The summed E-state index contributed by atoms with van der Waals surface area (Å²) in [6.07, 6.45) is -0.277. The highest BCUT2D eigenvalue weighted by atomic mass is 32.2. The largest absolute Gasteiger partial charge is 0.416 e. The van der Waals surface area contributed by atoms with E-state index in [1.165, 1.54) is 23.9 Å². The Bertz CT molecular complexity index is 1170. The summed E-state index contributed by atoms with van der Waals surface area (Å²) in [7, 11) is 0. The van der Waals surface area contributed by atoms with Crippen LogP contribution in [0.5, 0.6) is 0 Å². The van der Waals surface area contributed by atoms with Gasteiger partial charge >= 0.3 is 6.18 Å². The number of fused-ring (bicyclic) bond motifs is 1. The fourth-order valence-electron chi connectivity index (χ4n) is 3.46. The molecule has 29 heavy (non-hydrogen) atoms. The lowest BCUT2D eigenvalue weighted by Gasteiger charge is -2.10. The molecule has 2 aromatic heterocycles. The van der Waals surface area contributed by atoms with Crippen molar-refractivity contribution in [2.75, 3.05) is 0 Å². The van der Waals surface area contributed by atoms with E-state index in [4.69, 9.17) is 0 Å². The molecule has 0 saturated heterocycles. The number of nitrogens with zero attached hydrogens (tertiary/aromatic N) is 3. The number of aromatic nitrogens is 4. The lowest BCUT2D eigenvalue weighted by Crippen LogP contribution is -2.05. The number of rotatable bonds is 5. The molecule has 2 aromatic carbocycles. The number of H-pyrrole nitrogens is 1. The SMILES string of the molecule is FC(F)(F)c1cccc(CSc2nnc(-c3c[nH]c4ccccc34)n2C2CC2)c1. The molecule has 0 unspecified atom stereocenters. The van der Waals surface area contributed by atoms with E-state index in [9.17, 15) is 13.2 Å². The Labute approximate surface area is 169 Å². The highest BCUT2D eigenvalue weighted by molar-refractivity contribution is 7.98. The van der Waals surface area contributed by atoms with Gasteiger partial charge in [-0.05, 0) is 30.5 Å². The van der Waals surface area contributed by atoms with Crippen molar-refractivity contribution in [3.05, 3.63) is 65.9 Å². The molecule has 1 N–H and O–H groups in total. The van der Waals surface area contributed by atoms with Gasteiger partial charge in [0.15, 0.2) is 11.0 Å². The Balaban J connectivity index is 1.45. The molecule has 1 fully saturated rings. The van der Waals surface area contributed by atoms with Crippen molar-refractivity contribution in [3.63, 3.8) is 0 Å². The Kier molecular flexibility index (Phi) is 4.38. The Morgan fingerprint density at radius 3 is 2.69 bits per heavy atom. The quantitative estimate of drug-likeness (QED) is 0.403. The maximum absolute atomic E-state index is 13.0. The highest BCUT2D eigenvalue weighted by Gasteiger charge is 2.32. The first-order chi connectivity index (χ1) is 14.0. The zero-order valence-corrected chi connectivity index (χ0v) is 16.1. The number of alkyl halides is 3. The van der Waals surface area contributed by atoms with Crippen molar-refractivity contribution in [2.45, 2.75) is 36.0 Å². The molecule has 0 radical (unpaired) electrons. The van der Waals surface area contributed by atoms with E-state index in [0.29, 0.717) is 17.4 Å². The summed E-state index contributed by atoms with van der Waals surface area (Å²) in [6, 6.07) is 13.8. The lowest BCUT2D eigenvalue weighted by molar-refractivity contribution is -0.137. The van der Waals surface area contributed by atoms with Crippen molar-refractivity contribution in [1.29, 1.82) is 0 Å². The van der Waals surface area contributed by atoms with Crippen LogP contribution < -0.4 is 0 Å². The van der Waals surface area contributed by atoms with Crippen LogP contribution in [0.1, 0.15) is 30.0 Å². The predicted octanol–water partition coefficient (Wildman–Crippen LogP) is 6.07. The number of nitrogens with one attached hydrogen (secondary N) is 1. The van der Waals surface area contributed by atoms with Gasteiger partial charge in [-0.15, -0.1) is 10.2 Å². The van der Waals surface area contributed by atoms with Gasteiger partial charge in [0.1, 0.15) is 0 Å². The molecule has 1 aliphatic carbocycles. The summed E-state index contributed by atoms with van der Waals surface area (Å²) in [6.45, 7) is 0. The molecule has 0 amide bonds. The Hall–Kier alpha value is -2.74. The molecule has 1 saturated carbocycles. The van der Waals surface area contributed by atoms with E-state index >= 15 is 0 Å². The van der Waals surface area contributed by atoms with Crippen LogP contribution in [0.3, 0.4) is 0 Å². The fraction of sp³-hybridized carbons (Fsp3) is 0.238. The van der Waals surface area contributed by atoms with Crippen molar-refractivity contribution in [2.24, 2.45) is 0 Å². The van der Waals surface area contributed by atoms with E-state index in [2.05, 4.69) is 19.7 Å². The number of hydrogen-bond acceptors (Lipinski definition) is 3. The molecular formula is C21H17F3N4S. The van der Waals surface area contributed by atoms with Crippen LogP contribution in [0.2, 0.25) is 0 Å². The van der Waals surface area contributed by atoms with E-state index in [1.807, 2.05) is 30.5 Å². The molecule has 4 aromatic rings. The summed E-state index contributed by atoms with van der Waals surface area (Å²) in [5, 5.41) is 10.6. The first-order valence-corrected chi connectivity index (χ1v) is 10.3. The van der Waals surface area contributed by atoms with Gasteiger partial charge in [0.05, 0.1) is 5.56 Å². The minimum Gasteiger partial charge on any atom is -0.360 e. The van der Waals surface area contributed by atoms with E-state index in [-0.39, 0.29) is 0 Å².